The second kappa shape index (κ2) is 7.58. The molecule has 0 saturated carbocycles. The summed E-state index contributed by atoms with van der Waals surface area (Å²) in [5.74, 6) is 1.05. The first-order valence-electron chi connectivity index (χ1n) is 8.38. The third kappa shape index (κ3) is 3.28. The highest BCUT2D eigenvalue weighted by Gasteiger charge is 2.14. The number of hydrogen-bond acceptors (Lipinski definition) is 2. The summed E-state index contributed by atoms with van der Waals surface area (Å²) in [6.45, 7) is 0.617. The zero-order chi connectivity index (χ0) is 17.2. The van der Waals surface area contributed by atoms with Crippen molar-refractivity contribution in [2.75, 3.05) is 0 Å². The van der Waals surface area contributed by atoms with Crippen LogP contribution in [0.25, 0.3) is 22.3 Å². The Balaban J connectivity index is 0.00000196. The lowest BCUT2D eigenvalue weighted by molar-refractivity contribution is 0.0978. The van der Waals surface area contributed by atoms with E-state index in [2.05, 4.69) is 4.98 Å². The zero-order valence-electron chi connectivity index (χ0n) is 14.5. The Hall–Kier alpha value is -2.85. The SMILES string of the molecule is Cl.Cn1cc(C(=O)CCn2ccnc2-c2ccccc2)c2ccccc21. The van der Waals surface area contributed by atoms with Crippen LogP contribution in [-0.4, -0.2) is 19.9 Å². The van der Waals surface area contributed by atoms with Crippen LogP contribution in [-0.2, 0) is 13.6 Å². The zero-order valence-corrected chi connectivity index (χ0v) is 15.3. The lowest BCUT2D eigenvalue weighted by atomic mass is 10.1. The fourth-order valence-corrected chi connectivity index (χ4v) is 3.26. The van der Waals surface area contributed by atoms with Gasteiger partial charge in [-0.25, -0.2) is 4.98 Å². The summed E-state index contributed by atoms with van der Waals surface area (Å²) in [7, 11) is 1.97. The molecule has 4 rings (SSSR count). The molecule has 132 valence electrons. The Morgan fingerprint density at radius 1 is 1.04 bits per heavy atom. The minimum Gasteiger partial charge on any atom is -0.350 e. The summed E-state index contributed by atoms with van der Waals surface area (Å²) in [6, 6.07) is 18.1. The number of para-hydroxylation sites is 1. The van der Waals surface area contributed by atoms with Crippen molar-refractivity contribution in [3.05, 3.63) is 78.8 Å². The van der Waals surface area contributed by atoms with Gasteiger partial charge < -0.3 is 9.13 Å². The molecule has 0 amide bonds. The summed E-state index contributed by atoms with van der Waals surface area (Å²) in [4.78, 5) is 17.2. The molecular weight excluding hydrogens is 346 g/mol. The number of aromatic nitrogens is 3. The van der Waals surface area contributed by atoms with E-state index in [9.17, 15) is 4.79 Å². The summed E-state index contributed by atoms with van der Waals surface area (Å²) < 4.78 is 4.05. The van der Waals surface area contributed by atoms with Crippen LogP contribution in [0.1, 0.15) is 16.8 Å². The van der Waals surface area contributed by atoms with E-state index in [1.807, 2.05) is 83.2 Å². The lowest BCUT2D eigenvalue weighted by Gasteiger charge is -2.07. The van der Waals surface area contributed by atoms with E-state index in [0.717, 1.165) is 27.9 Å². The van der Waals surface area contributed by atoms with Crippen molar-refractivity contribution in [1.29, 1.82) is 0 Å². The molecule has 0 spiro atoms. The number of benzene rings is 2. The predicted molar refractivity (Wildman–Crippen MR) is 107 cm³/mol. The van der Waals surface area contributed by atoms with Crippen LogP contribution < -0.4 is 0 Å². The average Bonchev–Trinajstić information content (AvgIpc) is 3.26. The van der Waals surface area contributed by atoms with Crippen molar-refractivity contribution in [3.63, 3.8) is 0 Å². The Morgan fingerprint density at radius 2 is 1.77 bits per heavy atom. The van der Waals surface area contributed by atoms with Gasteiger partial charge in [0.25, 0.3) is 0 Å². The Labute approximate surface area is 158 Å². The molecule has 0 fully saturated rings. The lowest BCUT2D eigenvalue weighted by Crippen LogP contribution is -2.06. The molecule has 0 saturated heterocycles. The molecule has 0 radical (unpaired) electrons. The van der Waals surface area contributed by atoms with Crippen LogP contribution in [0, 0.1) is 0 Å². The largest absolute Gasteiger partial charge is 0.350 e. The van der Waals surface area contributed by atoms with Crippen molar-refractivity contribution >= 4 is 29.1 Å². The molecule has 0 atom stereocenters. The maximum atomic E-state index is 12.8. The van der Waals surface area contributed by atoms with E-state index in [0.29, 0.717) is 13.0 Å². The molecule has 0 aliphatic rings. The van der Waals surface area contributed by atoms with Gasteiger partial charge in [0.1, 0.15) is 5.82 Å². The standard InChI is InChI=1S/C21H19N3O.ClH/c1-23-15-18(17-9-5-6-10-19(17)23)20(25)11-13-24-14-12-22-21(24)16-7-3-2-4-8-16;/h2-10,12,14-15H,11,13H2,1H3;1H. The number of halogens is 1. The van der Waals surface area contributed by atoms with Crippen LogP contribution >= 0.6 is 12.4 Å². The van der Waals surface area contributed by atoms with Gasteiger partial charge in [-0.3, -0.25) is 4.79 Å². The molecular formula is C21H20ClN3O. The van der Waals surface area contributed by atoms with Crippen molar-refractivity contribution in [1.82, 2.24) is 14.1 Å². The van der Waals surface area contributed by atoms with Crippen LogP contribution in [0.2, 0.25) is 0 Å². The number of Topliss-reactive ketones (excluding diaryl/α,β-unsaturated/α-hetero) is 1. The van der Waals surface area contributed by atoms with E-state index in [4.69, 9.17) is 0 Å². The summed E-state index contributed by atoms with van der Waals surface area (Å²) in [5.41, 5.74) is 2.93. The van der Waals surface area contributed by atoms with E-state index >= 15 is 0 Å². The summed E-state index contributed by atoms with van der Waals surface area (Å²) in [5, 5.41) is 1.02. The van der Waals surface area contributed by atoms with Crippen LogP contribution in [0.3, 0.4) is 0 Å². The molecule has 2 aromatic heterocycles. The number of aryl methyl sites for hydroxylation is 2. The molecule has 0 aliphatic heterocycles. The average molecular weight is 366 g/mol. The Morgan fingerprint density at radius 3 is 2.58 bits per heavy atom. The number of rotatable bonds is 5. The molecule has 4 aromatic rings. The number of hydrogen-bond donors (Lipinski definition) is 0. The first kappa shape index (κ1) is 18.0. The fourth-order valence-electron chi connectivity index (χ4n) is 3.26. The van der Waals surface area contributed by atoms with Gasteiger partial charge in [0, 0.05) is 60.6 Å². The van der Waals surface area contributed by atoms with Gasteiger partial charge in [-0.1, -0.05) is 48.5 Å². The highest BCUT2D eigenvalue weighted by atomic mass is 35.5. The summed E-state index contributed by atoms with van der Waals surface area (Å²) >= 11 is 0. The van der Waals surface area contributed by atoms with E-state index in [-0.39, 0.29) is 18.2 Å². The topological polar surface area (TPSA) is 39.8 Å². The molecule has 4 nitrogen and oxygen atoms in total. The first-order chi connectivity index (χ1) is 12.2. The van der Waals surface area contributed by atoms with Crippen LogP contribution in [0.4, 0.5) is 0 Å². The minimum atomic E-state index is 0. The number of carbonyl (C=O) groups is 1. The smallest absolute Gasteiger partial charge is 0.166 e. The number of fused-ring (bicyclic) bond motifs is 1. The minimum absolute atomic E-state index is 0. The van der Waals surface area contributed by atoms with Crippen LogP contribution in [0.15, 0.2) is 73.2 Å². The molecule has 5 heteroatoms. The van der Waals surface area contributed by atoms with Crippen molar-refractivity contribution in [2.45, 2.75) is 13.0 Å². The highest BCUT2D eigenvalue weighted by Crippen LogP contribution is 2.22. The van der Waals surface area contributed by atoms with Gasteiger partial charge in [0.2, 0.25) is 0 Å². The van der Waals surface area contributed by atoms with E-state index < -0.39 is 0 Å². The second-order valence-electron chi connectivity index (χ2n) is 6.15. The molecule has 0 bridgehead atoms. The van der Waals surface area contributed by atoms with Crippen molar-refractivity contribution in [3.8, 4) is 11.4 Å². The van der Waals surface area contributed by atoms with Gasteiger partial charge in [-0.2, -0.15) is 0 Å². The number of ketones is 1. The maximum absolute atomic E-state index is 12.8. The van der Waals surface area contributed by atoms with E-state index in [1.54, 1.807) is 6.20 Å². The molecule has 26 heavy (non-hydrogen) atoms. The van der Waals surface area contributed by atoms with Gasteiger partial charge in [-0.15, -0.1) is 12.4 Å². The Kier molecular flexibility index (Phi) is 5.24. The summed E-state index contributed by atoms with van der Waals surface area (Å²) in [6.07, 6.45) is 6.09. The maximum Gasteiger partial charge on any atom is 0.166 e. The highest BCUT2D eigenvalue weighted by molar-refractivity contribution is 6.08. The number of imidazole rings is 1. The van der Waals surface area contributed by atoms with E-state index in [1.165, 1.54) is 0 Å². The predicted octanol–water partition coefficient (Wildman–Crippen LogP) is 4.74. The molecule has 0 aliphatic carbocycles. The third-order valence-corrected chi connectivity index (χ3v) is 4.52. The first-order valence-corrected chi connectivity index (χ1v) is 8.38. The van der Waals surface area contributed by atoms with Gasteiger partial charge >= 0.3 is 0 Å². The third-order valence-electron chi connectivity index (χ3n) is 4.52. The van der Waals surface area contributed by atoms with Crippen molar-refractivity contribution < 1.29 is 4.79 Å². The number of nitrogens with zero attached hydrogens (tertiary/aromatic N) is 3. The fraction of sp³-hybridized carbons (Fsp3) is 0.143. The molecule has 2 heterocycles. The second-order valence-corrected chi connectivity index (χ2v) is 6.15. The van der Waals surface area contributed by atoms with Gasteiger partial charge in [0.15, 0.2) is 5.78 Å². The monoisotopic (exact) mass is 365 g/mol. The van der Waals surface area contributed by atoms with Crippen LogP contribution in [0.5, 0.6) is 0 Å². The Bertz CT molecular complexity index is 1030. The van der Waals surface area contributed by atoms with Crippen molar-refractivity contribution in [2.24, 2.45) is 7.05 Å². The molecule has 0 unspecified atom stereocenters. The van der Waals surface area contributed by atoms with Gasteiger partial charge in [0.05, 0.1) is 0 Å². The quantitative estimate of drug-likeness (QED) is 0.479. The molecule has 2 aromatic carbocycles. The normalized spacial score (nSPS) is 10.7. The number of carbonyl (C=O) groups excluding carboxylic acids is 1. The molecule has 0 N–H and O–H groups in total. The van der Waals surface area contributed by atoms with Gasteiger partial charge in [-0.05, 0) is 6.07 Å².